The fourth-order valence-corrected chi connectivity index (χ4v) is 4.33. The average Bonchev–Trinajstić information content (AvgIpc) is 3.56. The highest BCUT2D eigenvalue weighted by atomic mass is 35.5. The Bertz CT molecular complexity index is 993. The lowest BCUT2D eigenvalue weighted by molar-refractivity contribution is -0.148. The maximum absolute atomic E-state index is 12.2. The monoisotopic (exact) mass is 450 g/mol. The third-order valence-electron chi connectivity index (χ3n) is 4.66. The van der Waals surface area contributed by atoms with Crippen LogP contribution in [0, 0.1) is 5.92 Å². The number of esters is 1. The number of hydrogen-bond donors (Lipinski definition) is 2. The molecule has 7 nitrogen and oxygen atoms in total. The van der Waals surface area contributed by atoms with Gasteiger partial charge in [0.25, 0.3) is 5.91 Å². The number of carbonyl (C=O) groups excluding carboxylic acids is 2. The van der Waals surface area contributed by atoms with Crippen molar-refractivity contribution in [2.24, 2.45) is 5.92 Å². The Kier molecular flexibility index (Phi) is 7.47. The summed E-state index contributed by atoms with van der Waals surface area (Å²) < 4.78 is 31.6. The lowest BCUT2D eigenvalue weighted by atomic mass is 10.0. The van der Waals surface area contributed by atoms with E-state index in [1.165, 1.54) is 18.2 Å². The van der Waals surface area contributed by atoms with Gasteiger partial charge in [0.2, 0.25) is 10.0 Å². The van der Waals surface area contributed by atoms with Gasteiger partial charge in [0.15, 0.2) is 6.61 Å². The third-order valence-corrected chi connectivity index (χ3v) is 6.35. The van der Waals surface area contributed by atoms with E-state index in [2.05, 4.69) is 10.0 Å². The molecule has 0 aliphatic heterocycles. The third kappa shape index (κ3) is 6.55. The van der Waals surface area contributed by atoms with Crippen molar-refractivity contribution in [3.8, 4) is 0 Å². The summed E-state index contributed by atoms with van der Waals surface area (Å²) in [5.74, 6) is -0.654. The van der Waals surface area contributed by atoms with E-state index in [-0.39, 0.29) is 29.8 Å². The molecule has 0 aromatic heterocycles. The van der Waals surface area contributed by atoms with Crippen LogP contribution in [0.1, 0.15) is 30.9 Å². The minimum atomic E-state index is -3.78. The topological polar surface area (TPSA) is 102 Å². The van der Waals surface area contributed by atoms with Crippen LogP contribution in [0.15, 0.2) is 59.5 Å². The second-order valence-electron chi connectivity index (χ2n) is 7.06. The maximum Gasteiger partial charge on any atom is 0.307 e. The van der Waals surface area contributed by atoms with Gasteiger partial charge >= 0.3 is 5.97 Å². The number of nitrogens with one attached hydrogen (secondary N) is 2. The molecule has 1 saturated carbocycles. The van der Waals surface area contributed by atoms with Crippen LogP contribution < -0.4 is 10.0 Å². The highest BCUT2D eigenvalue weighted by Crippen LogP contribution is 2.40. The van der Waals surface area contributed by atoms with E-state index in [4.69, 9.17) is 16.3 Å². The molecule has 0 bridgehead atoms. The summed E-state index contributed by atoms with van der Waals surface area (Å²) in [5.41, 5.74) is 1.02. The molecule has 0 radical (unpaired) electrons. The zero-order chi connectivity index (χ0) is 21.6. The molecule has 0 spiro atoms. The van der Waals surface area contributed by atoms with Gasteiger partial charge in [0.05, 0.1) is 17.4 Å². The second-order valence-corrected chi connectivity index (χ2v) is 9.26. The summed E-state index contributed by atoms with van der Waals surface area (Å²) >= 11 is 5.80. The van der Waals surface area contributed by atoms with Gasteiger partial charge < -0.3 is 10.1 Å². The van der Waals surface area contributed by atoms with Gasteiger partial charge in [-0.05, 0) is 42.5 Å². The molecule has 160 valence electrons. The first-order valence-electron chi connectivity index (χ1n) is 9.60. The first-order chi connectivity index (χ1) is 14.3. The smallest absolute Gasteiger partial charge is 0.307 e. The number of benzene rings is 2. The maximum atomic E-state index is 12.2. The molecule has 1 aliphatic rings. The molecule has 1 unspecified atom stereocenters. The molecular formula is C21H23ClN2O5S. The van der Waals surface area contributed by atoms with Crippen molar-refractivity contribution in [3.63, 3.8) is 0 Å². The second kappa shape index (κ2) is 10.1. The van der Waals surface area contributed by atoms with E-state index >= 15 is 0 Å². The molecule has 3 rings (SSSR count). The van der Waals surface area contributed by atoms with Gasteiger partial charge in [-0.15, -0.1) is 0 Å². The SMILES string of the molecule is O=C(COC(=O)CCNS(=O)(=O)c1cccc(Cl)c1)NC(c1ccccc1)C1CC1. The largest absolute Gasteiger partial charge is 0.456 e. The predicted octanol–water partition coefficient (Wildman–Crippen LogP) is 2.82. The van der Waals surface area contributed by atoms with Crippen LogP contribution in [-0.4, -0.2) is 33.4 Å². The Morgan fingerprint density at radius 3 is 2.50 bits per heavy atom. The standard InChI is InChI=1S/C21H23ClN2O5S/c22-17-7-4-8-18(13-17)30(27,28)23-12-11-20(26)29-14-19(25)24-21(16-9-10-16)15-5-2-1-3-6-15/h1-8,13,16,21,23H,9-12,14H2,(H,24,25). The Morgan fingerprint density at radius 2 is 1.83 bits per heavy atom. The Labute approximate surface area is 180 Å². The number of carbonyl (C=O) groups is 2. The van der Waals surface area contributed by atoms with Crippen molar-refractivity contribution in [3.05, 3.63) is 65.2 Å². The molecule has 2 aromatic rings. The molecule has 9 heteroatoms. The number of ether oxygens (including phenoxy) is 1. The van der Waals surface area contributed by atoms with Crippen molar-refractivity contribution in [2.45, 2.75) is 30.2 Å². The lowest BCUT2D eigenvalue weighted by Crippen LogP contribution is -2.34. The number of halogens is 1. The fraction of sp³-hybridized carbons (Fsp3) is 0.333. The van der Waals surface area contributed by atoms with Crippen LogP contribution in [0.4, 0.5) is 0 Å². The van der Waals surface area contributed by atoms with Crippen molar-refractivity contribution < 1.29 is 22.7 Å². The van der Waals surface area contributed by atoms with Gasteiger partial charge in [0, 0.05) is 11.6 Å². The number of amides is 1. The summed E-state index contributed by atoms with van der Waals surface area (Å²) in [6.45, 7) is -0.556. The van der Waals surface area contributed by atoms with Gasteiger partial charge in [0.1, 0.15) is 0 Å². The van der Waals surface area contributed by atoms with Crippen LogP contribution in [0.3, 0.4) is 0 Å². The number of rotatable bonds is 10. The first kappa shape index (κ1) is 22.3. The molecule has 0 heterocycles. The van der Waals surface area contributed by atoms with Crippen LogP contribution >= 0.6 is 11.6 Å². The van der Waals surface area contributed by atoms with Gasteiger partial charge in [-0.2, -0.15) is 0 Å². The lowest BCUT2D eigenvalue weighted by Gasteiger charge is -2.18. The normalized spacial score (nSPS) is 14.7. The minimum absolute atomic E-state index is 0.00905. The molecule has 1 fully saturated rings. The molecule has 1 aliphatic carbocycles. The summed E-state index contributed by atoms with van der Waals surface area (Å²) in [7, 11) is -3.78. The quantitative estimate of drug-likeness (QED) is 0.542. The number of sulfonamides is 1. The van der Waals surface area contributed by atoms with Crippen molar-refractivity contribution >= 4 is 33.5 Å². The molecule has 0 saturated heterocycles. The molecule has 2 N–H and O–H groups in total. The Hall–Kier alpha value is -2.42. The predicted molar refractivity (Wildman–Crippen MR) is 112 cm³/mol. The average molecular weight is 451 g/mol. The Morgan fingerprint density at radius 1 is 1.10 bits per heavy atom. The van der Waals surface area contributed by atoms with Gasteiger partial charge in [-0.1, -0.05) is 48.0 Å². The molecule has 1 amide bonds. The summed E-state index contributed by atoms with van der Waals surface area (Å²) in [6, 6.07) is 15.4. The van der Waals surface area contributed by atoms with Crippen LogP contribution in [0.5, 0.6) is 0 Å². The first-order valence-corrected chi connectivity index (χ1v) is 11.5. The van der Waals surface area contributed by atoms with Gasteiger partial charge in [-0.25, -0.2) is 13.1 Å². The van der Waals surface area contributed by atoms with Crippen molar-refractivity contribution in [1.82, 2.24) is 10.0 Å². The molecule has 1 atom stereocenters. The van der Waals surface area contributed by atoms with E-state index in [0.717, 1.165) is 18.4 Å². The van der Waals surface area contributed by atoms with Crippen LogP contribution in [0.25, 0.3) is 0 Å². The van der Waals surface area contributed by atoms with E-state index in [1.54, 1.807) is 6.07 Å². The molecule has 30 heavy (non-hydrogen) atoms. The summed E-state index contributed by atoms with van der Waals surface area (Å²) in [5, 5.41) is 3.21. The van der Waals surface area contributed by atoms with E-state index in [1.807, 2.05) is 30.3 Å². The highest BCUT2D eigenvalue weighted by Gasteiger charge is 2.33. The van der Waals surface area contributed by atoms with Crippen LogP contribution in [0.2, 0.25) is 5.02 Å². The fourth-order valence-electron chi connectivity index (χ4n) is 3.00. The zero-order valence-electron chi connectivity index (χ0n) is 16.2. The van der Waals surface area contributed by atoms with Crippen molar-refractivity contribution in [1.29, 1.82) is 0 Å². The van der Waals surface area contributed by atoms with Crippen molar-refractivity contribution in [2.75, 3.05) is 13.2 Å². The summed E-state index contributed by atoms with van der Waals surface area (Å²) in [4.78, 5) is 24.1. The van der Waals surface area contributed by atoms with E-state index < -0.39 is 22.6 Å². The molecule has 2 aromatic carbocycles. The minimum Gasteiger partial charge on any atom is -0.456 e. The van der Waals surface area contributed by atoms with Gasteiger partial charge in [-0.3, -0.25) is 9.59 Å². The van der Waals surface area contributed by atoms with E-state index in [9.17, 15) is 18.0 Å². The highest BCUT2D eigenvalue weighted by molar-refractivity contribution is 7.89. The zero-order valence-corrected chi connectivity index (χ0v) is 17.8. The summed E-state index contributed by atoms with van der Waals surface area (Å²) in [6.07, 6.45) is 1.90. The Balaban J connectivity index is 1.41. The number of hydrogen-bond acceptors (Lipinski definition) is 5. The van der Waals surface area contributed by atoms with E-state index in [0.29, 0.717) is 10.9 Å². The van der Waals surface area contributed by atoms with Crippen LogP contribution in [-0.2, 0) is 24.3 Å². The molecular weight excluding hydrogens is 428 g/mol.